The number of aliphatic carboxylic acids is 1. The number of nitrogens with one attached hydrogen (secondary N) is 1. The van der Waals surface area contributed by atoms with Crippen LogP contribution in [0.25, 0.3) is 34.0 Å². The first kappa shape index (κ1) is 21.0. The Balaban J connectivity index is 1.83. The lowest BCUT2D eigenvalue weighted by molar-refractivity contribution is -0.139. The molecule has 0 saturated heterocycles. The van der Waals surface area contributed by atoms with Crippen molar-refractivity contribution in [2.45, 2.75) is 33.6 Å². The smallest absolute Gasteiger partial charge is 0.303 e. The Labute approximate surface area is 183 Å². The number of carboxylic acids is 1. The van der Waals surface area contributed by atoms with E-state index in [0.29, 0.717) is 40.4 Å². The van der Waals surface area contributed by atoms with Crippen LogP contribution in [0.4, 0.5) is 0 Å². The highest BCUT2D eigenvalue weighted by atomic mass is 35.5. The molecule has 0 saturated carbocycles. The molecule has 2 N–H and O–H groups in total. The fourth-order valence-electron chi connectivity index (χ4n) is 3.46. The van der Waals surface area contributed by atoms with Gasteiger partial charge in [0, 0.05) is 18.3 Å². The minimum absolute atomic E-state index is 0.0487. The number of rotatable bonds is 6. The molecule has 0 radical (unpaired) electrons. The third kappa shape index (κ3) is 4.59. The van der Waals surface area contributed by atoms with E-state index in [4.69, 9.17) is 21.0 Å². The third-order valence-electron chi connectivity index (χ3n) is 5.25. The van der Waals surface area contributed by atoms with Crippen molar-refractivity contribution in [3.8, 4) is 22.8 Å². The van der Waals surface area contributed by atoms with E-state index >= 15 is 0 Å². The van der Waals surface area contributed by atoms with E-state index in [-0.39, 0.29) is 22.9 Å². The number of hydrogen-bond donors (Lipinski definition) is 2. The molecule has 0 unspecified atom stereocenters. The third-order valence-corrected chi connectivity index (χ3v) is 5.43. The van der Waals surface area contributed by atoms with Gasteiger partial charge in [-0.2, -0.15) is 0 Å². The molecule has 0 spiro atoms. The van der Waals surface area contributed by atoms with E-state index < -0.39 is 5.97 Å². The first-order chi connectivity index (χ1) is 14.7. The number of fused-ring (bicyclic) bond motifs is 1. The molecule has 4 aromatic heterocycles. The van der Waals surface area contributed by atoms with Gasteiger partial charge in [-0.25, -0.2) is 19.9 Å². The zero-order valence-electron chi connectivity index (χ0n) is 17.4. The van der Waals surface area contributed by atoms with Crippen molar-refractivity contribution in [2.24, 2.45) is 11.3 Å². The van der Waals surface area contributed by atoms with Crippen LogP contribution in [-0.4, -0.2) is 36.0 Å². The normalized spacial score (nSPS) is 12.9. The Kier molecular flexibility index (Phi) is 5.49. The van der Waals surface area contributed by atoms with Crippen molar-refractivity contribution in [2.75, 3.05) is 0 Å². The standard InChI is InChI=1S/C22H22ClN5O3/c1-22(2,3)12(8-18(29)30)7-13-9-15(16-5-4-6-31-16)27-20(26-13)14-10-24-21-19(14)28-17(23)11-25-21/h4-6,9-12H,7-8H2,1-3H3,(H,24,25)(H,29,30)/t12-/m1/s1. The Bertz CT molecular complexity index is 1230. The molecular formula is C22H22ClN5O3. The highest BCUT2D eigenvalue weighted by molar-refractivity contribution is 6.29. The van der Waals surface area contributed by atoms with Gasteiger partial charge in [0.15, 0.2) is 17.2 Å². The average molecular weight is 440 g/mol. The zero-order chi connectivity index (χ0) is 22.2. The SMILES string of the molecule is CC(C)(C)[C@@H](CC(=O)O)Cc1cc(-c2ccco2)nc(-c2c[nH]c3ncc(Cl)nc23)n1. The Morgan fingerprint density at radius 2 is 2.10 bits per heavy atom. The first-order valence-electron chi connectivity index (χ1n) is 9.84. The molecule has 0 aliphatic carbocycles. The van der Waals surface area contributed by atoms with Gasteiger partial charge >= 0.3 is 5.97 Å². The summed E-state index contributed by atoms with van der Waals surface area (Å²) < 4.78 is 5.55. The summed E-state index contributed by atoms with van der Waals surface area (Å²) in [6, 6.07) is 5.45. The lowest BCUT2D eigenvalue weighted by Crippen LogP contribution is -2.26. The Morgan fingerprint density at radius 1 is 1.29 bits per heavy atom. The lowest BCUT2D eigenvalue weighted by atomic mass is 9.76. The van der Waals surface area contributed by atoms with Crippen molar-refractivity contribution in [3.63, 3.8) is 0 Å². The maximum absolute atomic E-state index is 11.5. The maximum atomic E-state index is 11.5. The summed E-state index contributed by atoms with van der Waals surface area (Å²) in [7, 11) is 0. The predicted molar refractivity (Wildman–Crippen MR) is 117 cm³/mol. The molecule has 160 valence electrons. The molecule has 31 heavy (non-hydrogen) atoms. The van der Waals surface area contributed by atoms with Crippen LogP contribution in [0.1, 0.15) is 32.9 Å². The van der Waals surface area contributed by atoms with Crippen molar-refractivity contribution < 1.29 is 14.3 Å². The van der Waals surface area contributed by atoms with Gasteiger partial charge in [-0.3, -0.25) is 4.79 Å². The molecule has 4 heterocycles. The molecule has 0 aliphatic rings. The van der Waals surface area contributed by atoms with Crippen molar-refractivity contribution >= 4 is 28.7 Å². The summed E-state index contributed by atoms with van der Waals surface area (Å²) in [5, 5.41) is 9.67. The maximum Gasteiger partial charge on any atom is 0.303 e. The van der Waals surface area contributed by atoms with Gasteiger partial charge in [0.05, 0.1) is 18.0 Å². The van der Waals surface area contributed by atoms with Crippen LogP contribution in [-0.2, 0) is 11.2 Å². The molecule has 4 rings (SSSR count). The van der Waals surface area contributed by atoms with E-state index in [1.165, 1.54) is 6.20 Å². The minimum Gasteiger partial charge on any atom is -0.481 e. The van der Waals surface area contributed by atoms with E-state index in [0.717, 1.165) is 5.69 Å². The monoisotopic (exact) mass is 439 g/mol. The molecule has 0 aliphatic heterocycles. The molecule has 0 amide bonds. The number of H-pyrrole nitrogens is 1. The number of carboxylic acid groups (broad SMARTS) is 1. The van der Waals surface area contributed by atoms with Crippen molar-refractivity contribution in [1.82, 2.24) is 24.9 Å². The second-order valence-corrected chi connectivity index (χ2v) is 8.89. The first-order valence-corrected chi connectivity index (χ1v) is 10.2. The number of hydrogen-bond acceptors (Lipinski definition) is 6. The summed E-state index contributed by atoms with van der Waals surface area (Å²) in [5.74, 6) is 0.0884. The van der Waals surface area contributed by atoms with Gasteiger partial charge in [-0.15, -0.1) is 0 Å². The molecule has 0 aromatic carbocycles. The lowest BCUT2D eigenvalue weighted by Gasteiger charge is -2.29. The number of aromatic nitrogens is 5. The van der Waals surface area contributed by atoms with Gasteiger partial charge < -0.3 is 14.5 Å². The van der Waals surface area contributed by atoms with Gasteiger partial charge in [-0.1, -0.05) is 32.4 Å². The number of halogens is 1. The van der Waals surface area contributed by atoms with E-state index in [9.17, 15) is 9.90 Å². The number of carbonyl (C=O) groups is 1. The Hall–Kier alpha value is -3.26. The van der Waals surface area contributed by atoms with Crippen LogP contribution >= 0.6 is 11.6 Å². The molecule has 8 nitrogen and oxygen atoms in total. The average Bonchev–Trinajstić information content (AvgIpc) is 3.36. The van der Waals surface area contributed by atoms with Crippen LogP contribution in [0.3, 0.4) is 0 Å². The number of aromatic amines is 1. The van der Waals surface area contributed by atoms with Crippen LogP contribution in [0, 0.1) is 11.3 Å². The van der Waals surface area contributed by atoms with Gasteiger partial charge in [0.1, 0.15) is 16.4 Å². The Morgan fingerprint density at radius 3 is 2.77 bits per heavy atom. The summed E-state index contributed by atoms with van der Waals surface area (Å²) in [4.78, 5) is 32.6. The molecule has 0 fully saturated rings. The van der Waals surface area contributed by atoms with Crippen LogP contribution in [0.2, 0.25) is 5.15 Å². The zero-order valence-corrected chi connectivity index (χ0v) is 18.1. The minimum atomic E-state index is -0.831. The fraction of sp³-hybridized carbons (Fsp3) is 0.318. The van der Waals surface area contributed by atoms with Crippen LogP contribution < -0.4 is 0 Å². The summed E-state index contributed by atoms with van der Waals surface area (Å²) in [5.41, 5.74) is 2.91. The van der Waals surface area contributed by atoms with E-state index in [2.05, 4.69) is 19.9 Å². The number of furan rings is 1. The predicted octanol–water partition coefficient (Wildman–Crippen LogP) is 5.01. The highest BCUT2D eigenvalue weighted by Crippen LogP contribution is 2.33. The van der Waals surface area contributed by atoms with E-state index in [1.807, 2.05) is 32.9 Å². The van der Waals surface area contributed by atoms with Crippen molar-refractivity contribution in [3.05, 3.63) is 47.7 Å². The van der Waals surface area contributed by atoms with Crippen molar-refractivity contribution in [1.29, 1.82) is 0 Å². The van der Waals surface area contributed by atoms with Crippen LogP contribution in [0.5, 0.6) is 0 Å². The number of nitrogens with zero attached hydrogens (tertiary/aromatic N) is 4. The molecule has 4 aromatic rings. The summed E-state index contributed by atoms with van der Waals surface area (Å²) >= 11 is 6.05. The molecule has 9 heteroatoms. The topological polar surface area (TPSA) is 118 Å². The van der Waals surface area contributed by atoms with E-state index in [1.54, 1.807) is 18.5 Å². The van der Waals surface area contributed by atoms with Gasteiger partial charge in [0.2, 0.25) is 0 Å². The largest absolute Gasteiger partial charge is 0.481 e. The second-order valence-electron chi connectivity index (χ2n) is 8.50. The van der Waals surface area contributed by atoms with Gasteiger partial charge in [0.25, 0.3) is 0 Å². The second kappa shape index (κ2) is 8.11. The summed E-state index contributed by atoms with van der Waals surface area (Å²) in [6.07, 6.45) is 5.32. The van der Waals surface area contributed by atoms with Gasteiger partial charge in [-0.05, 0) is 36.0 Å². The molecule has 0 bridgehead atoms. The van der Waals surface area contributed by atoms with Crippen LogP contribution in [0.15, 0.2) is 41.3 Å². The molecule has 1 atom stereocenters. The quantitative estimate of drug-likeness (QED) is 0.433. The fourth-order valence-corrected chi connectivity index (χ4v) is 3.59. The summed E-state index contributed by atoms with van der Waals surface area (Å²) in [6.45, 7) is 6.11. The molecular weight excluding hydrogens is 418 g/mol. The highest BCUT2D eigenvalue weighted by Gasteiger charge is 2.28.